The lowest BCUT2D eigenvalue weighted by molar-refractivity contribution is -0.118. The minimum Gasteiger partial charge on any atom is -0.493 e. The third-order valence-corrected chi connectivity index (χ3v) is 4.35. The van der Waals surface area contributed by atoms with E-state index in [0.717, 1.165) is 23.4 Å². The number of unbranched alkanes of at least 4 members (excludes halogenated alkanes) is 4. The van der Waals surface area contributed by atoms with E-state index in [1.165, 1.54) is 31.2 Å². The van der Waals surface area contributed by atoms with Gasteiger partial charge in [-0.25, -0.2) is 0 Å². The van der Waals surface area contributed by atoms with Gasteiger partial charge in [-0.1, -0.05) is 56.4 Å². The molecule has 0 aliphatic heterocycles. The second-order valence-electron chi connectivity index (χ2n) is 6.89. The summed E-state index contributed by atoms with van der Waals surface area (Å²) in [6.07, 6.45) is 6.05. The Labute approximate surface area is 162 Å². The Morgan fingerprint density at radius 1 is 0.926 bits per heavy atom. The monoisotopic (exact) mass is 369 g/mol. The highest BCUT2D eigenvalue weighted by Crippen LogP contribution is 2.20. The molecule has 0 radical (unpaired) electrons. The molecule has 2 aromatic carbocycles. The summed E-state index contributed by atoms with van der Waals surface area (Å²) in [6, 6.07) is 13.4. The maximum atomic E-state index is 12.1. The van der Waals surface area contributed by atoms with Crippen molar-refractivity contribution >= 4 is 11.6 Å². The van der Waals surface area contributed by atoms with E-state index in [9.17, 15) is 4.79 Å². The van der Waals surface area contributed by atoms with Gasteiger partial charge in [-0.05, 0) is 44.0 Å². The lowest BCUT2D eigenvalue weighted by Gasteiger charge is -2.11. The molecule has 0 spiro atoms. The van der Waals surface area contributed by atoms with Crippen molar-refractivity contribution in [1.29, 1.82) is 0 Å². The summed E-state index contributed by atoms with van der Waals surface area (Å²) in [4.78, 5) is 12.1. The Morgan fingerprint density at radius 3 is 2.41 bits per heavy atom. The number of benzene rings is 2. The number of carbonyl (C=O) groups is 1. The van der Waals surface area contributed by atoms with E-state index in [2.05, 4.69) is 12.2 Å². The number of rotatable bonds is 11. The van der Waals surface area contributed by atoms with Gasteiger partial charge < -0.3 is 14.8 Å². The first-order chi connectivity index (χ1) is 13.1. The molecule has 0 aliphatic rings. The van der Waals surface area contributed by atoms with Gasteiger partial charge in [-0.15, -0.1) is 0 Å². The maximum Gasteiger partial charge on any atom is 0.262 e. The summed E-state index contributed by atoms with van der Waals surface area (Å²) in [5, 5.41) is 2.89. The molecule has 0 aromatic heterocycles. The van der Waals surface area contributed by atoms with Crippen LogP contribution in [0.3, 0.4) is 0 Å². The van der Waals surface area contributed by atoms with Gasteiger partial charge in [0.2, 0.25) is 0 Å². The smallest absolute Gasteiger partial charge is 0.262 e. The van der Waals surface area contributed by atoms with E-state index in [1.54, 1.807) is 0 Å². The quantitative estimate of drug-likeness (QED) is 0.519. The Kier molecular flexibility index (Phi) is 8.69. The van der Waals surface area contributed by atoms with Crippen molar-refractivity contribution in [3.05, 3.63) is 53.6 Å². The summed E-state index contributed by atoms with van der Waals surface area (Å²) in [5.74, 6) is 1.23. The van der Waals surface area contributed by atoms with Crippen LogP contribution in [0.5, 0.6) is 11.5 Å². The molecule has 2 aromatic rings. The molecular formula is C23H31NO3. The minimum atomic E-state index is -0.177. The first-order valence-corrected chi connectivity index (χ1v) is 9.81. The predicted octanol–water partition coefficient (Wildman–Crippen LogP) is 5.67. The fourth-order valence-corrected chi connectivity index (χ4v) is 2.84. The van der Waals surface area contributed by atoms with E-state index in [0.29, 0.717) is 12.4 Å². The Hall–Kier alpha value is -2.49. The van der Waals surface area contributed by atoms with E-state index >= 15 is 0 Å². The Bertz CT molecular complexity index is 727. The van der Waals surface area contributed by atoms with Crippen molar-refractivity contribution in [3.63, 3.8) is 0 Å². The van der Waals surface area contributed by atoms with Crippen molar-refractivity contribution in [2.75, 3.05) is 18.5 Å². The molecule has 0 fully saturated rings. The zero-order valence-electron chi connectivity index (χ0n) is 16.7. The van der Waals surface area contributed by atoms with Crippen LogP contribution in [0.1, 0.15) is 50.2 Å². The SMILES string of the molecule is CCCCCCCOc1cccc(OCC(=O)Nc2ccc(C)cc2C)c1. The predicted molar refractivity (Wildman–Crippen MR) is 111 cm³/mol. The molecule has 1 N–H and O–H groups in total. The Morgan fingerprint density at radius 2 is 1.67 bits per heavy atom. The van der Waals surface area contributed by atoms with Gasteiger partial charge in [0.25, 0.3) is 5.91 Å². The molecule has 0 heterocycles. The van der Waals surface area contributed by atoms with Gasteiger partial charge in [0.05, 0.1) is 6.61 Å². The standard InChI is InChI=1S/C23H31NO3/c1-4-5-6-7-8-14-26-20-10-9-11-21(16-20)27-17-23(25)24-22-13-12-18(2)15-19(22)3/h9-13,15-16H,4-8,14,17H2,1-3H3,(H,24,25). The van der Waals surface area contributed by atoms with Gasteiger partial charge in [-0.2, -0.15) is 0 Å². The molecule has 27 heavy (non-hydrogen) atoms. The normalized spacial score (nSPS) is 10.5. The van der Waals surface area contributed by atoms with Crippen molar-refractivity contribution in [2.24, 2.45) is 0 Å². The fraction of sp³-hybridized carbons (Fsp3) is 0.435. The van der Waals surface area contributed by atoms with E-state index < -0.39 is 0 Å². The molecule has 0 aliphatic carbocycles. The summed E-state index contributed by atoms with van der Waals surface area (Å²) in [6.45, 7) is 6.90. The number of ether oxygens (including phenoxy) is 2. The highest BCUT2D eigenvalue weighted by molar-refractivity contribution is 5.92. The largest absolute Gasteiger partial charge is 0.493 e. The topological polar surface area (TPSA) is 47.6 Å². The Balaban J connectivity index is 1.75. The van der Waals surface area contributed by atoms with Crippen LogP contribution in [0.15, 0.2) is 42.5 Å². The number of amides is 1. The van der Waals surface area contributed by atoms with Gasteiger partial charge in [0.15, 0.2) is 6.61 Å². The first kappa shape index (κ1) is 20.8. The summed E-state index contributed by atoms with van der Waals surface area (Å²) in [5.41, 5.74) is 3.02. The number of aryl methyl sites for hydroxylation is 2. The molecule has 0 saturated carbocycles. The average Bonchev–Trinajstić information content (AvgIpc) is 2.65. The highest BCUT2D eigenvalue weighted by atomic mass is 16.5. The summed E-state index contributed by atoms with van der Waals surface area (Å²) in [7, 11) is 0. The number of nitrogens with one attached hydrogen (secondary N) is 1. The van der Waals surface area contributed by atoms with E-state index in [-0.39, 0.29) is 12.5 Å². The molecule has 0 bridgehead atoms. The van der Waals surface area contributed by atoms with Crippen LogP contribution in [0.2, 0.25) is 0 Å². The number of anilines is 1. The first-order valence-electron chi connectivity index (χ1n) is 9.81. The molecule has 4 nitrogen and oxygen atoms in total. The number of hydrogen-bond donors (Lipinski definition) is 1. The molecule has 4 heteroatoms. The van der Waals surface area contributed by atoms with Crippen LogP contribution in [0.25, 0.3) is 0 Å². The summed E-state index contributed by atoms with van der Waals surface area (Å²) < 4.78 is 11.4. The van der Waals surface area contributed by atoms with Gasteiger partial charge in [0.1, 0.15) is 11.5 Å². The zero-order valence-corrected chi connectivity index (χ0v) is 16.7. The fourth-order valence-electron chi connectivity index (χ4n) is 2.84. The molecule has 0 unspecified atom stereocenters. The number of carbonyl (C=O) groups excluding carboxylic acids is 1. The second kappa shape index (κ2) is 11.3. The van der Waals surface area contributed by atoms with Crippen LogP contribution < -0.4 is 14.8 Å². The second-order valence-corrected chi connectivity index (χ2v) is 6.89. The van der Waals surface area contributed by atoms with Crippen molar-refractivity contribution in [3.8, 4) is 11.5 Å². The minimum absolute atomic E-state index is 0.0339. The van der Waals surface area contributed by atoms with Crippen LogP contribution in [-0.4, -0.2) is 19.1 Å². The third kappa shape index (κ3) is 7.73. The number of hydrogen-bond acceptors (Lipinski definition) is 3. The molecule has 2 rings (SSSR count). The average molecular weight is 370 g/mol. The zero-order chi connectivity index (χ0) is 19.5. The van der Waals surface area contributed by atoms with Crippen LogP contribution in [0.4, 0.5) is 5.69 Å². The van der Waals surface area contributed by atoms with Gasteiger partial charge in [-0.3, -0.25) is 4.79 Å². The van der Waals surface area contributed by atoms with Gasteiger partial charge >= 0.3 is 0 Å². The molecule has 1 amide bonds. The lowest BCUT2D eigenvalue weighted by atomic mass is 10.1. The van der Waals surface area contributed by atoms with E-state index in [4.69, 9.17) is 9.47 Å². The molecule has 0 saturated heterocycles. The molecular weight excluding hydrogens is 338 g/mol. The van der Waals surface area contributed by atoms with Crippen molar-refractivity contribution in [1.82, 2.24) is 0 Å². The molecule has 146 valence electrons. The maximum absolute atomic E-state index is 12.1. The van der Waals surface area contributed by atoms with Crippen LogP contribution >= 0.6 is 0 Å². The van der Waals surface area contributed by atoms with E-state index in [1.807, 2.05) is 56.3 Å². The lowest BCUT2D eigenvalue weighted by Crippen LogP contribution is -2.20. The van der Waals surface area contributed by atoms with Crippen LogP contribution in [-0.2, 0) is 4.79 Å². The highest BCUT2D eigenvalue weighted by Gasteiger charge is 2.07. The van der Waals surface area contributed by atoms with Gasteiger partial charge in [0, 0.05) is 11.8 Å². The molecule has 0 atom stereocenters. The third-order valence-electron chi connectivity index (χ3n) is 4.35. The van der Waals surface area contributed by atoms with Crippen molar-refractivity contribution < 1.29 is 14.3 Å². The van der Waals surface area contributed by atoms with Crippen molar-refractivity contribution in [2.45, 2.75) is 52.9 Å². The van der Waals surface area contributed by atoms with Crippen LogP contribution in [0, 0.1) is 13.8 Å². The summed E-state index contributed by atoms with van der Waals surface area (Å²) >= 11 is 0.